The van der Waals surface area contributed by atoms with Gasteiger partial charge in [-0.05, 0) is 75.0 Å². The minimum Gasteiger partial charge on any atom is -0.325 e. The summed E-state index contributed by atoms with van der Waals surface area (Å²) in [6.07, 6.45) is 5.97. The molecule has 2 bridgehead atoms. The van der Waals surface area contributed by atoms with Crippen LogP contribution in [-0.4, -0.2) is 28.7 Å². The topological polar surface area (TPSA) is 66.5 Å². The number of hydrogen-bond acceptors (Lipinski definition) is 3. The monoisotopic (exact) mass is 434 g/mol. The molecule has 7 heteroatoms. The van der Waals surface area contributed by atoms with Crippen molar-refractivity contribution < 1.29 is 14.4 Å². The molecule has 3 amide bonds. The number of halogens is 2. The van der Waals surface area contributed by atoms with Crippen LogP contribution in [0.15, 0.2) is 18.2 Å². The largest absolute Gasteiger partial charge is 0.325 e. The quantitative estimate of drug-likeness (QED) is 0.710. The van der Waals surface area contributed by atoms with Crippen LogP contribution < -0.4 is 5.32 Å². The van der Waals surface area contributed by atoms with Crippen LogP contribution in [0.1, 0.15) is 44.9 Å². The van der Waals surface area contributed by atoms with Gasteiger partial charge in [0.25, 0.3) is 0 Å². The fourth-order valence-electron chi connectivity index (χ4n) is 6.21. The molecule has 154 valence electrons. The fourth-order valence-corrected chi connectivity index (χ4v) is 6.67. The van der Waals surface area contributed by atoms with E-state index in [9.17, 15) is 14.4 Å². The Bertz CT molecular complexity index is 853. The Labute approximate surface area is 180 Å². The highest BCUT2D eigenvalue weighted by molar-refractivity contribution is 6.36. The average molecular weight is 435 g/mol. The molecule has 0 spiro atoms. The fraction of sp³-hybridized carbons (Fsp3) is 0.591. The Kier molecular flexibility index (Phi) is 4.86. The van der Waals surface area contributed by atoms with Crippen LogP contribution >= 0.6 is 23.2 Å². The minimum atomic E-state index is -0.138. The highest BCUT2D eigenvalue weighted by Crippen LogP contribution is 2.56. The third kappa shape index (κ3) is 3.17. The third-order valence-electron chi connectivity index (χ3n) is 7.58. The van der Waals surface area contributed by atoms with Crippen molar-refractivity contribution >= 4 is 46.6 Å². The average Bonchev–Trinajstić information content (AvgIpc) is 3.38. The third-order valence-corrected chi connectivity index (χ3v) is 8.13. The Balaban J connectivity index is 1.21. The van der Waals surface area contributed by atoms with Crippen LogP contribution in [0.4, 0.5) is 5.69 Å². The molecule has 0 aromatic heterocycles. The van der Waals surface area contributed by atoms with Crippen molar-refractivity contribution in [3.05, 3.63) is 28.2 Å². The van der Waals surface area contributed by atoms with Crippen molar-refractivity contribution in [2.75, 3.05) is 5.32 Å². The molecule has 0 unspecified atom stereocenters. The van der Waals surface area contributed by atoms with Crippen LogP contribution in [0.5, 0.6) is 0 Å². The first-order chi connectivity index (χ1) is 13.9. The molecule has 1 heterocycles. The number of amides is 3. The first-order valence-corrected chi connectivity index (χ1v) is 11.3. The van der Waals surface area contributed by atoms with Gasteiger partial charge in [-0.25, -0.2) is 0 Å². The summed E-state index contributed by atoms with van der Waals surface area (Å²) in [6, 6.07) is 4.94. The second-order valence-corrected chi connectivity index (χ2v) is 9.89. The predicted octanol–water partition coefficient (Wildman–Crippen LogP) is 4.52. The summed E-state index contributed by atoms with van der Waals surface area (Å²) >= 11 is 12.1. The van der Waals surface area contributed by atoms with Crippen LogP contribution in [0.25, 0.3) is 0 Å². The number of likely N-dealkylation sites (tertiary alicyclic amines) is 1. The maximum Gasteiger partial charge on any atom is 0.233 e. The number of carbonyl (C=O) groups is 3. The van der Waals surface area contributed by atoms with Crippen molar-refractivity contribution in [3.8, 4) is 0 Å². The van der Waals surface area contributed by atoms with Gasteiger partial charge in [-0.15, -0.1) is 0 Å². The van der Waals surface area contributed by atoms with Crippen molar-refractivity contribution in [2.45, 2.75) is 51.0 Å². The highest BCUT2D eigenvalue weighted by Gasteiger charge is 2.61. The molecule has 4 aliphatic rings. The number of nitrogens with one attached hydrogen (secondary N) is 1. The van der Waals surface area contributed by atoms with Gasteiger partial charge in [0.1, 0.15) is 0 Å². The lowest BCUT2D eigenvalue weighted by molar-refractivity contribution is -0.144. The summed E-state index contributed by atoms with van der Waals surface area (Å²) in [5.41, 5.74) is 0.552. The van der Waals surface area contributed by atoms with Crippen LogP contribution in [0, 0.1) is 29.6 Å². The number of anilines is 1. The summed E-state index contributed by atoms with van der Waals surface area (Å²) < 4.78 is 0. The van der Waals surface area contributed by atoms with E-state index in [0.717, 1.165) is 19.3 Å². The summed E-state index contributed by atoms with van der Waals surface area (Å²) in [4.78, 5) is 40.3. The number of benzene rings is 1. The van der Waals surface area contributed by atoms with Gasteiger partial charge < -0.3 is 5.32 Å². The molecule has 1 aromatic carbocycles. The molecule has 0 radical (unpaired) electrons. The number of hydrogen-bond donors (Lipinski definition) is 1. The molecular weight excluding hydrogens is 411 g/mol. The molecule has 5 rings (SSSR count). The second kappa shape index (κ2) is 7.28. The van der Waals surface area contributed by atoms with E-state index in [1.54, 1.807) is 23.1 Å². The maximum absolute atomic E-state index is 13.0. The van der Waals surface area contributed by atoms with Crippen LogP contribution in [0.3, 0.4) is 0 Å². The Morgan fingerprint density at radius 1 is 0.931 bits per heavy atom. The molecular formula is C22H24Cl2N2O3. The van der Waals surface area contributed by atoms with E-state index < -0.39 is 0 Å². The van der Waals surface area contributed by atoms with Gasteiger partial charge in [-0.2, -0.15) is 0 Å². The summed E-state index contributed by atoms with van der Waals surface area (Å²) in [6.45, 7) is 0. The summed E-state index contributed by atoms with van der Waals surface area (Å²) in [5.74, 6) is 0.628. The van der Waals surface area contributed by atoms with E-state index >= 15 is 0 Å². The van der Waals surface area contributed by atoms with E-state index in [-0.39, 0.29) is 41.5 Å². The van der Waals surface area contributed by atoms with Crippen LogP contribution in [-0.2, 0) is 14.4 Å². The maximum atomic E-state index is 13.0. The first kappa shape index (κ1) is 19.4. The molecule has 1 saturated heterocycles. The summed E-state index contributed by atoms with van der Waals surface area (Å²) in [7, 11) is 0. The SMILES string of the molecule is O=C(Nc1ccc(Cl)cc1Cl)C1CCC(N2C(=O)[C@@H]3[C@H]4CC[C@@H](C4)[C@H]3C2=O)CC1. The number of nitrogens with zero attached hydrogens (tertiary/aromatic N) is 1. The molecule has 1 N–H and O–H groups in total. The van der Waals surface area contributed by atoms with Gasteiger partial charge in [0.05, 0.1) is 22.5 Å². The van der Waals surface area contributed by atoms with E-state index in [1.165, 1.54) is 0 Å². The molecule has 1 aliphatic heterocycles. The molecule has 5 nitrogen and oxygen atoms in total. The Morgan fingerprint density at radius 3 is 2.14 bits per heavy atom. The zero-order valence-corrected chi connectivity index (χ0v) is 17.6. The van der Waals surface area contributed by atoms with Gasteiger partial charge in [0.15, 0.2) is 0 Å². The zero-order chi connectivity index (χ0) is 20.3. The predicted molar refractivity (Wildman–Crippen MR) is 111 cm³/mol. The molecule has 4 fully saturated rings. The van der Waals surface area contributed by atoms with Gasteiger partial charge in [-0.1, -0.05) is 23.2 Å². The van der Waals surface area contributed by atoms with E-state index in [0.29, 0.717) is 53.3 Å². The van der Waals surface area contributed by atoms with Crippen molar-refractivity contribution in [3.63, 3.8) is 0 Å². The highest BCUT2D eigenvalue weighted by atomic mass is 35.5. The van der Waals surface area contributed by atoms with Gasteiger partial charge in [0.2, 0.25) is 17.7 Å². The molecule has 1 aromatic rings. The van der Waals surface area contributed by atoms with Gasteiger partial charge >= 0.3 is 0 Å². The van der Waals surface area contributed by atoms with E-state index in [1.807, 2.05) is 0 Å². The molecule has 29 heavy (non-hydrogen) atoms. The van der Waals surface area contributed by atoms with Crippen molar-refractivity contribution in [2.24, 2.45) is 29.6 Å². The standard InChI is InChI=1S/C22H24Cl2N2O3/c23-14-5-8-17(16(24)10-14)25-20(27)11-3-6-15(7-4-11)26-21(28)18-12-1-2-13(9-12)19(18)22(26)29/h5,8,10-13,15,18-19H,1-4,6-7,9H2,(H,25,27)/t11?,12-,13-,15?,18+,19+/m0/s1. The Hall–Kier alpha value is -1.59. The van der Waals surface area contributed by atoms with Crippen LogP contribution in [0.2, 0.25) is 10.0 Å². The lowest BCUT2D eigenvalue weighted by atomic mass is 9.81. The summed E-state index contributed by atoms with van der Waals surface area (Å²) in [5, 5.41) is 3.82. The van der Waals surface area contributed by atoms with E-state index in [2.05, 4.69) is 5.32 Å². The lowest BCUT2D eigenvalue weighted by Gasteiger charge is -2.33. The molecule has 3 saturated carbocycles. The number of carbonyl (C=O) groups excluding carboxylic acids is 3. The molecule has 3 aliphatic carbocycles. The lowest BCUT2D eigenvalue weighted by Crippen LogP contribution is -2.44. The first-order valence-electron chi connectivity index (χ1n) is 10.6. The second-order valence-electron chi connectivity index (χ2n) is 9.05. The van der Waals surface area contributed by atoms with Crippen molar-refractivity contribution in [1.82, 2.24) is 4.90 Å². The van der Waals surface area contributed by atoms with Crippen molar-refractivity contribution in [1.29, 1.82) is 0 Å². The van der Waals surface area contributed by atoms with E-state index in [4.69, 9.17) is 23.2 Å². The zero-order valence-electron chi connectivity index (χ0n) is 16.1. The number of imide groups is 1. The smallest absolute Gasteiger partial charge is 0.233 e. The van der Waals surface area contributed by atoms with Gasteiger partial charge in [0, 0.05) is 17.0 Å². The Morgan fingerprint density at radius 2 is 1.55 bits per heavy atom. The number of rotatable bonds is 3. The van der Waals surface area contributed by atoms with Gasteiger partial charge in [-0.3, -0.25) is 19.3 Å². The normalized spacial score (nSPS) is 35.9. The molecule has 4 atom stereocenters. The number of fused-ring (bicyclic) bond motifs is 5. The minimum absolute atomic E-state index is 0.0526.